The van der Waals surface area contributed by atoms with E-state index in [2.05, 4.69) is 15.3 Å². The fourth-order valence-corrected chi connectivity index (χ4v) is 3.13. The summed E-state index contributed by atoms with van der Waals surface area (Å²) in [5.74, 6) is -0.127. The molecule has 0 spiro atoms. The van der Waals surface area contributed by atoms with E-state index in [1.807, 2.05) is 23.8 Å². The molecule has 2 aromatic heterocycles. The van der Waals surface area contributed by atoms with Crippen LogP contribution in [0.25, 0.3) is 5.69 Å². The Morgan fingerprint density at radius 2 is 2.09 bits per heavy atom. The molecule has 0 unspecified atom stereocenters. The average Bonchev–Trinajstić information content (AvgIpc) is 3.09. The van der Waals surface area contributed by atoms with E-state index in [0.29, 0.717) is 11.8 Å². The van der Waals surface area contributed by atoms with Crippen LogP contribution < -0.4 is 5.32 Å². The lowest BCUT2D eigenvalue weighted by molar-refractivity contribution is 0.0598. The van der Waals surface area contributed by atoms with Crippen LogP contribution in [-0.4, -0.2) is 39.7 Å². The Hall–Kier alpha value is -2.21. The summed E-state index contributed by atoms with van der Waals surface area (Å²) in [5.41, 5.74) is 2.22. The number of ether oxygens (including phenoxy) is 1. The summed E-state index contributed by atoms with van der Waals surface area (Å²) in [6, 6.07) is 2.09. The first-order valence-electron chi connectivity index (χ1n) is 7.96. The van der Waals surface area contributed by atoms with Crippen LogP contribution >= 0.6 is 0 Å². The zero-order valence-electron chi connectivity index (χ0n) is 13.5. The van der Waals surface area contributed by atoms with Crippen molar-refractivity contribution < 1.29 is 9.53 Å². The van der Waals surface area contributed by atoms with E-state index >= 15 is 0 Å². The molecule has 23 heavy (non-hydrogen) atoms. The van der Waals surface area contributed by atoms with E-state index in [4.69, 9.17) is 4.74 Å². The molecule has 0 atom stereocenters. The number of hydrogen-bond acceptors (Lipinski definition) is 4. The summed E-state index contributed by atoms with van der Waals surface area (Å²) in [6.07, 6.45) is 11.0. The third-order valence-corrected chi connectivity index (χ3v) is 4.45. The summed E-state index contributed by atoms with van der Waals surface area (Å²) in [5, 5.41) is 3.12. The maximum atomic E-state index is 12.7. The monoisotopic (exact) mass is 314 g/mol. The molecule has 1 amide bonds. The Balaban J connectivity index is 1.77. The topological polar surface area (TPSA) is 69.0 Å². The van der Waals surface area contributed by atoms with Crippen LogP contribution in [0.1, 0.15) is 41.7 Å². The van der Waals surface area contributed by atoms with Crippen LogP contribution in [0.5, 0.6) is 0 Å². The number of nitrogens with one attached hydrogen (secondary N) is 1. The van der Waals surface area contributed by atoms with Crippen molar-refractivity contribution in [2.24, 2.45) is 0 Å². The van der Waals surface area contributed by atoms with Crippen molar-refractivity contribution in [3.05, 3.63) is 42.2 Å². The van der Waals surface area contributed by atoms with E-state index < -0.39 is 0 Å². The van der Waals surface area contributed by atoms with Gasteiger partial charge in [-0.05, 0) is 44.2 Å². The molecule has 0 aromatic carbocycles. The van der Waals surface area contributed by atoms with Gasteiger partial charge >= 0.3 is 0 Å². The Labute approximate surface area is 135 Å². The van der Waals surface area contributed by atoms with Gasteiger partial charge in [0.2, 0.25) is 0 Å². The number of aromatic nitrogens is 3. The molecule has 3 rings (SSSR count). The molecule has 2 heterocycles. The zero-order valence-corrected chi connectivity index (χ0v) is 13.5. The van der Waals surface area contributed by atoms with Crippen LogP contribution in [0.3, 0.4) is 0 Å². The molecule has 0 aliphatic heterocycles. The standard InChI is InChI=1S/C17H22N4O2/c1-12-7-8-19-15(16(12)21-10-9-18-11-21)17(22)20-13-3-5-14(23-2)6-4-13/h7-11,13-14H,3-6H2,1-2H3,(H,20,22). The predicted molar refractivity (Wildman–Crippen MR) is 86.6 cm³/mol. The van der Waals surface area contributed by atoms with Gasteiger partial charge in [0, 0.05) is 31.7 Å². The highest BCUT2D eigenvalue weighted by Crippen LogP contribution is 2.22. The lowest BCUT2D eigenvalue weighted by Gasteiger charge is -2.28. The van der Waals surface area contributed by atoms with E-state index in [-0.39, 0.29) is 11.9 Å². The van der Waals surface area contributed by atoms with Gasteiger partial charge in [0.1, 0.15) is 0 Å². The number of pyridine rings is 1. The number of aryl methyl sites for hydroxylation is 1. The predicted octanol–water partition coefficient (Wildman–Crippen LogP) is 2.26. The largest absolute Gasteiger partial charge is 0.381 e. The second-order valence-corrected chi connectivity index (χ2v) is 5.98. The molecule has 2 aromatic rings. The van der Waals surface area contributed by atoms with Crippen molar-refractivity contribution in [2.45, 2.75) is 44.8 Å². The van der Waals surface area contributed by atoms with Gasteiger partial charge in [0.05, 0.1) is 18.1 Å². The molecular formula is C17H22N4O2. The molecule has 6 nitrogen and oxygen atoms in total. The fraction of sp³-hybridized carbons (Fsp3) is 0.471. The fourth-order valence-electron chi connectivity index (χ4n) is 3.13. The minimum Gasteiger partial charge on any atom is -0.381 e. The Bertz CT molecular complexity index is 661. The lowest BCUT2D eigenvalue weighted by atomic mass is 9.93. The van der Waals surface area contributed by atoms with Crippen LogP contribution in [0.15, 0.2) is 31.0 Å². The molecule has 1 aliphatic rings. The maximum Gasteiger partial charge on any atom is 0.272 e. The van der Waals surface area contributed by atoms with Crippen molar-refractivity contribution in [2.75, 3.05) is 7.11 Å². The quantitative estimate of drug-likeness (QED) is 0.940. The molecule has 1 aliphatic carbocycles. The summed E-state index contributed by atoms with van der Waals surface area (Å²) in [4.78, 5) is 21.1. The van der Waals surface area contributed by atoms with Gasteiger partial charge in [-0.25, -0.2) is 9.97 Å². The Kier molecular flexibility index (Phi) is 4.71. The van der Waals surface area contributed by atoms with Crippen molar-refractivity contribution in [1.82, 2.24) is 19.9 Å². The van der Waals surface area contributed by atoms with Crippen LogP contribution in [0, 0.1) is 6.92 Å². The smallest absolute Gasteiger partial charge is 0.272 e. The minimum atomic E-state index is -0.127. The molecule has 1 saturated carbocycles. The summed E-state index contributed by atoms with van der Waals surface area (Å²) in [7, 11) is 1.75. The molecule has 122 valence electrons. The first-order valence-corrected chi connectivity index (χ1v) is 7.96. The second kappa shape index (κ2) is 6.91. The van der Waals surface area contributed by atoms with Crippen LogP contribution in [0.4, 0.5) is 0 Å². The highest BCUT2D eigenvalue weighted by molar-refractivity contribution is 5.96. The minimum absolute atomic E-state index is 0.127. The van der Waals surface area contributed by atoms with Crippen molar-refractivity contribution in [3.8, 4) is 5.69 Å². The number of carbonyl (C=O) groups is 1. The number of carbonyl (C=O) groups excluding carboxylic acids is 1. The number of imidazole rings is 1. The van der Waals surface area contributed by atoms with Gasteiger partial charge in [0.15, 0.2) is 5.69 Å². The maximum absolute atomic E-state index is 12.7. The van der Waals surface area contributed by atoms with E-state index in [9.17, 15) is 4.79 Å². The lowest BCUT2D eigenvalue weighted by Crippen LogP contribution is -2.39. The first kappa shape index (κ1) is 15.7. The number of methoxy groups -OCH3 is 1. The Morgan fingerprint density at radius 3 is 2.74 bits per heavy atom. The third kappa shape index (κ3) is 3.42. The van der Waals surface area contributed by atoms with E-state index in [0.717, 1.165) is 36.9 Å². The summed E-state index contributed by atoms with van der Waals surface area (Å²) in [6.45, 7) is 1.97. The first-order chi connectivity index (χ1) is 11.2. The van der Waals surface area contributed by atoms with Crippen molar-refractivity contribution in [1.29, 1.82) is 0 Å². The van der Waals surface area contributed by atoms with Gasteiger partial charge in [-0.1, -0.05) is 0 Å². The van der Waals surface area contributed by atoms with Crippen molar-refractivity contribution >= 4 is 5.91 Å². The van der Waals surface area contributed by atoms with Crippen LogP contribution in [0.2, 0.25) is 0 Å². The molecule has 1 N–H and O–H groups in total. The molecule has 0 saturated heterocycles. The summed E-state index contributed by atoms with van der Waals surface area (Å²) >= 11 is 0. The van der Waals surface area contributed by atoms with Gasteiger partial charge in [-0.2, -0.15) is 0 Å². The molecule has 1 fully saturated rings. The molecule has 0 bridgehead atoms. The highest BCUT2D eigenvalue weighted by Gasteiger charge is 2.24. The van der Waals surface area contributed by atoms with Gasteiger partial charge in [0.25, 0.3) is 5.91 Å². The second-order valence-electron chi connectivity index (χ2n) is 5.98. The van der Waals surface area contributed by atoms with Gasteiger partial charge in [-0.15, -0.1) is 0 Å². The van der Waals surface area contributed by atoms with Gasteiger partial charge < -0.3 is 14.6 Å². The van der Waals surface area contributed by atoms with Gasteiger partial charge in [-0.3, -0.25) is 4.79 Å². The van der Waals surface area contributed by atoms with Crippen molar-refractivity contribution in [3.63, 3.8) is 0 Å². The zero-order chi connectivity index (χ0) is 16.2. The normalized spacial score (nSPS) is 21.1. The number of rotatable bonds is 4. The number of hydrogen-bond donors (Lipinski definition) is 1. The highest BCUT2D eigenvalue weighted by atomic mass is 16.5. The van der Waals surface area contributed by atoms with E-state index in [1.165, 1.54) is 0 Å². The number of nitrogens with zero attached hydrogens (tertiary/aromatic N) is 3. The number of amides is 1. The van der Waals surface area contributed by atoms with Crippen LogP contribution in [-0.2, 0) is 4.74 Å². The molecule has 6 heteroatoms. The average molecular weight is 314 g/mol. The SMILES string of the molecule is COC1CCC(NC(=O)c2nccc(C)c2-n2ccnc2)CC1. The molecule has 0 radical (unpaired) electrons. The third-order valence-electron chi connectivity index (χ3n) is 4.45. The molecular weight excluding hydrogens is 292 g/mol. The summed E-state index contributed by atoms with van der Waals surface area (Å²) < 4.78 is 7.21. The van der Waals surface area contributed by atoms with E-state index in [1.54, 1.807) is 25.8 Å². The Morgan fingerprint density at radius 1 is 1.30 bits per heavy atom.